The number of hydrogen-bond acceptors (Lipinski definition) is 3. The Morgan fingerprint density at radius 1 is 1.20 bits per heavy atom. The lowest BCUT2D eigenvalue weighted by molar-refractivity contribution is -0.126. The fourth-order valence-electron chi connectivity index (χ4n) is 4.26. The van der Waals surface area contributed by atoms with Crippen LogP contribution in [0.4, 0.5) is 10.1 Å². The van der Waals surface area contributed by atoms with Crippen molar-refractivity contribution >= 4 is 11.6 Å². The van der Waals surface area contributed by atoms with Crippen molar-refractivity contribution in [3.8, 4) is 0 Å². The highest BCUT2D eigenvalue weighted by atomic mass is 19.1. The molecule has 1 N–H and O–H groups in total. The van der Waals surface area contributed by atoms with Crippen molar-refractivity contribution in [2.24, 2.45) is 5.92 Å². The van der Waals surface area contributed by atoms with Gasteiger partial charge < -0.3 is 10.2 Å². The summed E-state index contributed by atoms with van der Waals surface area (Å²) in [4.78, 5) is 17.3. The Hall–Kier alpha value is -1.46. The van der Waals surface area contributed by atoms with Crippen LogP contribution < -0.4 is 10.2 Å². The first-order chi connectivity index (χ1) is 12.1. The third kappa shape index (κ3) is 4.21. The van der Waals surface area contributed by atoms with Gasteiger partial charge in [0.25, 0.3) is 0 Å². The zero-order valence-electron chi connectivity index (χ0n) is 15.4. The minimum absolute atomic E-state index is 0.0107. The molecule has 1 unspecified atom stereocenters. The van der Waals surface area contributed by atoms with Gasteiger partial charge in [-0.15, -0.1) is 0 Å². The topological polar surface area (TPSA) is 35.6 Å². The fraction of sp³-hybridized carbons (Fsp3) is 0.650. The van der Waals surface area contributed by atoms with Crippen molar-refractivity contribution in [3.63, 3.8) is 0 Å². The van der Waals surface area contributed by atoms with Crippen LogP contribution in [0.3, 0.4) is 0 Å². The van der Waals surface area contributed by atoms with E-state index in [2.05, 4.69) is 10.2 Å². The predicted molar refractivity (Wildman–Crippen MR) is 99.4 cm³/mol. The van der Waals surface area contributed by atoms with E-state index in [1.165, 1.54) is 31.4 Å². The highest BCUT2D eigenvalue weighted by Crippen LogP contribution is 2.29. The number of nitrogens with zero attached hydrogens (tertiary/aromatic N) is 2. The Morgan fingerprint density at radius 3 is 2.64 bits per heavy atom. The minimum Gasteiger partial charge on any atom is -0.320 e. The summed E-state index contributed by atoms with van der Waals surface area (Å²) >= 11 is 0. The molecule has 2 aliphatic heterocycles. The van der Waals surface area contributed by atoms with E-state index in [0.717, 1.165) is 56.2 Å². The number of aryl methyl sites for hydroxylation is 1. The first-order valence-electron chi connectivity index (χ1n) is 9.56. The van der Waals surface area contributed by atoms with Gasteiger partial charge in [-0.05, 0) is 95.4 Å². The maximum absolute atomic E-state index is 13.4. The Labute approximate surface area is 150 Å². The summed E-state index contributed by atoms with van der Waals surface area (Å²) in [7, 11) is 2.00. The van der Waals surface area contributed by atoms with Gasteiger partial charge in [-0.25, -0.2) is 4.39 Å². The predicted octanol–water partition coefficient (Wildman–Crippen LogP) is 2.95. The maximum atomic E-state index is 13.4. The molecule has 138 valence electrons. The average Bonchev–Trinajstić information content (AvgIpc) is 2.61. The number of halogens is 1. The van der Waals surface area contributed by atoms with Crippen molar-refractivity contribution in [1.82, 2.24) is 10.2 Å². The zero-order chi connectivity index (χ0) is 17.8. The van der Waals surface area contributed by atoms with Crippen LogP contribution in [0.2, 0.25) is 0 Å². The van der Waals surface area contributed by atoms with Crippen molar-refractivity contribution in [2.75, 3.05) is 38.1 Å². The standard InChI is InChI=1S/C20H30FN3O/c1-15-14-17(21)5-6-18(15)24-11-3-4-19(20(24)25)23-12-8-16(9-13-23)7-10-22-2/h5-6,14,16,19,22H,3-4,7-13H2,1-2H3. The average molecular weight is 347 g/mol. The summed E-state index contributed by atoms with van der Waals surface area (Å²) in [5.74, 6) is 0.721. The number of likely N-dealkylation sites (tertiary alicyclic amines) is 1. The smallest absolute Gasteiger partial charge is 0.244 e. The van der Waals surface area contributed by atoms with E-state index in [-0.39, 0.29) is 17.8 Å². The largest absolute Gasteiger partial charge is 0.320 e. The molecule has 2 heterocycles. The van der Waals surface area contributed by atoms with Gasteiger partial charge in [0.1, 0.15) is 5.82 Å². The quantitative estimate of drug-likeness (QED) is 0.889. The normalized spacial score (nSPS) is 23.2. The third-order valence-electron chi connectivity index (χ3n) is 5.75. The van der Waals surface area contributed by atoms with E-state index >= 15 is 0 Å². The van der Waals surface area contributed by atoms with E-state index < -0.39 is 0 Å². The molecule has 0 bridgehead atoms. The van der Waals surface area contributed by atoms with Gasteiger partial charge in [0.05, 0.1) is 6.04 Å². The monoisotopic (exact) mass is 347 g/mol. The van der Waals surface area contributed by atoms with Gasteiger partial charge in [0, 0.05) is 12.2 Å². The van der Waals surface area contributed by atoms with Gasteiger partial charge >= 0.3 is 0 Å². The number of benzene rings is 1. The second kappa shape index (κ2) is 8.28. The molecule has 0 radical (unpaired) electrons. The zero-order valence-corrected chi connectivity index (χ0v) is 15.4. The highest BCUT2D eigenvalue weighted by Gasteiger charge is 2.35. The Balaban J connectivity index is 1.65. The summed E-state index contributed by atoms with van der Waals surface area (Å²) in [5.41, 5.74) is 1.69. The van der Waals surface area contributed by atoms with Crippen LogP contribution in [0.15, 0.2) is 18.2 Å². The molecule has 1 atom stereocenters. The molecule has 0 saturated carbocycles. The summed E-state index contributed by atoms with van der Waals surface area (Å²) < 4.78 is 13.4. The summed E-state index contributed by atoms with van der Waals surface area (Å²) in [6.07, 6.45) is 5.54. The van der Waals surface area contributed by atoms with Crippen molar-refractivity contribution in [1.29, 1.82) is 0 Å². The number of rotatable bonds is 5. The minimum atomic E-state index is -0.245. The number of amides is 1. The first-order valence-corrected chi connectivity index (χ1v) is 9.56. The molecule has 0 aromatic heterocycles. The molecule has 1 amide bonds. The van der Waals surface area contributed by atoms with E-state index in [1.807, 2.05) is 18.9 Å². The Bertz CT molecular complexity index is 599. The van der Waals surface area contributed by atoms with Crippen molar-refractivity contribution < 1.29 is 9.18 Å². The number of hydrogen-bond donors (Lipinski definition) is 1. The molecular formula is C20H30FN3O. The number of carbonyl (C=O) groups excluding carboxylic acids is 1. The maximum Gasteiger partial charge on any atom is 0.244 e. The van der Waals surface area contributed by atoms with E-state index in [9.17, 15) is 9.18 Å². The van der Waals surface area contributed by atoms with Crippen LogP contribution in [0.5, 0.6) is 0 Å². The molecule has 0 aliphatic carbocycles. The van der Waals surface area contributed by atoms with Gasteiger partial charge in [0.15, 0.2) is 0 Å². The molecule has 1 aromatic rings. The van der Waals surface area contributed by atoms with Crippen LogP contribution in [-0.2, 0) is 4.79 Å². The van der Waals surface area contributed by atoms with E-state index in [4.69, 9.17) is 0 Å². The summed E-state index contributed by atoms with van der Waals surface area (Å²) in [6, 6.07) is 4.70. The molecule has 2 aliphatic rings. The van der Waals surface area contributed by atoms with E-state index in [0.29, 0.717) is 0 Å². The molecule has 5 heteroatoms. The SMILES string of the molecule is CNCCC1CCN(C2CCCN(c3ccc(F)cc3C)C2=O)CC1. The lowest BCUT2D eigenvalue weighted by atomic mass is 9.91. The summed E-state index contributed by atoms with van der Waals surface area (Å²) in [6.45, 7) is 5.72. The first kappa shape index (κ1) is 18.3. The number of piperidine rings is 2. The Kier molecular flexibility index (Phi) is 6.07. The molecular weight excluding hydrogens is 317 g/mol. The van der Waals surface area contributed by atoms with Crippen LogP contribution in [0.1, 0.15) is 37.7 Å². The van der Waals surface area contributed by atoms with Crippen LogP contribution in [0, 0.1) is 18.7 Å². The van der Waals surface area contributed by atoms with Gasteiger partial charge in [-0.3, -0.25) is 9.69 Å². The molecule has 2 saturated heterocycles. The Morgan fingerprint density at radius 2 is 1.96 bits per heavy atom. The van der Waals surface area contributed by atoms with E-state index in [1.54, 1.807) is 6.07 Å². The molecule has 25 heavy (non-hydrogen) atoms. The fourth-order valence-corrected chi connectivity index (χ4v) is 4.26. The number of anilines is 1. The van der Waals surface area contributed by atoms with Crippen molar-refractivity contribution in [2.45, 2.75) is 45.1 Å². The van der Waals surface area contributed by atoms with Crippen molar-refractivity contribution in [3.05, 3.63) is 29.6 Å². The molecule has 1 aromatic carbocycles. The molecule has 0 spiro atoms. The highest BCUT2D eigenvalue weighted by molar-refractivity contribution is 5.98. The number of nitrogens with one attached hydrogen (secondary N) is 1. The molecule has 3 rings (SSSR count). The lowest BCUT2D eigenvalue weighted by Gasteiger charge is -2.42. The van der Waals surface area contributed by atoms with Crippen LogP contribution >= 0.6 is 0 Å². The number of carbonyl (C=O) groups is 1. The van der Waals surface area contributed by atoms with Crippen LogP contribution in [0.25, 0.3) is 0 Å². The lowest BCUT2D eigenvalue weighted by Crippen LogP contribution is -2.54. The van der Waals surface area contributed by atoms with Crippen LogP contribution in [-0.4, -0.2) is 50.1 Å². The van der Waals surface area contributed by atoms with Gasteiger partial charge in [0.2, 0.25) is 5.91 Å². The second-order valence-electron chi connectivity index (χ2n) is 7.45. The van der Waals surface area contributed by atoms with Gasteiger partial charge in [-0.1, -0.05) is 0 Å². The second-order valence-corrected chi connectivity index (χ2v) is 7.45. The third-order valence-corrected chi connectivity index (χ3v) is 5.75. The summed E-state index contributed by atoms with van der Waals surface area (Å²) in [5, 5.41) is 3.23. The molecule has 2 fully saturated rings. The molecule has 4 nitrogen and oxygen atoms in total. The van der Waals surface area contributed by atoms with Gasteiger partial charge in [-0.2, -0.15) is 0 Å².